The summed E-state index contributed by atoms with van der Waals surface area (Å²) in [7, 11) is 1.50. The molecule has 0 unspecified atom stereocenters. The second kappa shape index (κ2) is 6.99. The lowest BCUT2D eigenvalue weighted by atomic mass is 10.1. The van der Waals surface area contributed by atoms with Gasteiger partial charge in [-0.05, 0) is 31.5 Å². The molecule has 0 saturated heterocycles. The van der Waals surface area contributed by atoms with Gasteiger partial charge < -0.3 is 14.9 Å². The molecule has 0 aromatic heterocycles. The largest absolute Gasteiger partial charge is 0.504 e. The van der Waals surface area contributed by atoms with E-state index in [9.17, 15) is 9.90 Å². The number of carboxylic acids is 1. The van der Waals surface area contributed by atoms with Crippen LogP contribution in [0.25, 0.3) is 0 Å². The molecule has 106 valence electrons. The van der Waals surface area contributed by atoms with Crippen molar-refractivity contribution in [1.82, 2.24) is 4.90 Å². The highest BCUT2D eigenvalue weighted by atomic mass is 16.5. The first kappa shape index (κ1) is 15.3. The molecule has 0 spiro atoms. The summed E-state index contributed by atoms with van der Waals surface area (Å²) >= 11 is 0. The molecule has 0 saturated carbocycles. The molecule has 0 aliphatic carbocycles. The van der Waals surface area contributed by atoms with Crippen molar-refractivity contribution in [3.63, 3.8) is 0 Å². The number of nitrogens with zero attached hydrogens (tertiary/aromatic N) is 1. The summed E-state index contributed by atoms with van der Waals surface area (Å²) in [5.74, 6) is -0.268. The molecule has 0 aliphatic heterocycles. The number of phenols is 1. The summed E-state index contributed by atoms with van der Waals surface area (Å²) < 4.78 is 4.99. The van der Waals surface area contributed by atoms with Crippen molar-refractivity contribution in [2.45, 2.75) is 32.9 Å². The molecule has 5 heteroatoms. The molecule has 1 aromatic rings. The Morgan fingerprint density at radius 2 is 2.11 bits per heavy atom. The molecular weight excluding hydrogens is 246 g/mol. The number of ether oxygens (including phenoxy) is 1. The molecule has 1 aromatic carbocycles. The predicted molar refractivity (Wildman–Crippen MR) is 72.5 cm³/mol. The first-order valence-corrected chi connectivity index (χ1v) is 6.25. The van der Waals surface area contributed by atoms with Crippen LogP contribution in [0, 0.1) is 0 Å². The van der Waals surface area contributed by atoms with Crippen LogP contribution in [-0.4, -0.2) is 40.8 Å². The molecule has 0 bridgehead atoms. The second-order valence-electron chi connectivity index (χ2n) is 4.71. The van der Waals surface area contributed by atoms with Gasteiger partial charge in [-0.15, -0.1) is 0 Å². The summed E-state index contributed by atoms with van der Waals surface area (Å²) in [6.07, 6.45) is 0.111. The number of hydrogen-bond donors (Lipinski definition) is 2. The Kier molecular flexibility index (Phi) is 5.63. The van der Waals surface area contributed by atoms with E-state index in [2.05, 4.69) is 4.90 Å². The number of rotatable bonds is 7. The van der Waals surface area contributed by atoms with Crippen LogP contribution in [0.1, 0.15) is 25.8 Å². The van der Waals surface area contributed by atoms with Gasteiger partial charge in [0.1, 0.15) is 0 Å². The second-order valence-corrected chi connectivity index (χ2v) is 4.71. The molecule has 0 aliphatic rings. The van der Waals surface area contributed by atoms with E-state index in [4.69, 9.17) is 9.84 Å². The fraction of sp³-hybridized carbons (Fsp3) is 0.500. The third kappa shape index (κ3) is 4.79. The van der Waals surface area contributed by atoms with Crippen molar-refractivity contribution >= 4 is 5.97 Å². The Labute approximate surface area is 113 Å². The molecule has 1 rings (SSSR count). The summed E-state index contributed by atoms with van der Waals surface area (Å²) in [6, 6.07) is 5.47. The van der Waals surface area contributed by atoms with Crippen molar-refractivity contribution < 1.29 is 19.7 Å². The lowest BCUT2D eigenvalue weighted by Gasteiger charge is -2.26. The maximum absolute atomic E-state index is 10.6. The standard InChI is InChI=1S/C14H21NO4/c1-10(2)15(7-6-14(17)18)9-11-4-5-13(19-3)12(16)8-11/h4-5,8,10,16H,6-7,9H2,1-3H3,(H,17,18). The maximum atomic E-state index is 10.6. The van der Waals surface area contributed by atoms with Gasteiger partial charge in [-0.1, -0.05) is 6.07 Å². The highest BCUT2D eigenvalue weighted by Crippen LogP contribution is 2.27. The Morgan fingerprint density at radius 1 is 1.42 bits per heavy atom. The smallest absolute Gasteiger partial charge is 0.304 e. The molecule has 2 N–H and O–H groups in total. The summed E-state index contributed by atoms with van der Waals surface area (Å²) in [5.41, 5.74) is 0.928. The van der Waals surface area contributed by atoms with E-state index < -0.39 is 5.97 Å². The van der Waals surface area contributed by atoms with Crippen LogP contribution in [-0.2, 0) is 11.3 Å². The molecule has 0 heterocycles. The van der Waals surface area contributed by atoms with E-state index in [0.717, 1.165) is 5.56 Å². The average molecular weight is 267 g/mol. The number of benzene rings is 1. The molecule has 0 radical (unpaired) electrons. The van der Waals surface area contributed by atoms with Crippen molar-refractivity contribution in [2.24, 2.45) is 0 Å². The number of aromatic hydroxyl groups is 1. The Bertz CT molecular complexity index is 431. The van der Waals surface area contributed by atoms with Crippen molar-refractivity contribution in [3.8, 4) is 11.5 Å². The summed E-state index contributed by atoms with van der Waals surface area (Å²) in [5, 5.41) is 18.5. The van der Waals surface area contributed by atoms with Crippen LogP contribution in [0.2, 0.25) is 0 Å². The lowest BCUT2D eigenvalue weighted by molar-refractivity contribution is -0.137. The SMILES string of the molecule is COc1ccc(CN(CCC(=O)O)C(C)C)cc1O. The highest BCUT2D eigenvalue weighted by molar-refractivity contribution is 5.66. The zero-order valence-electron chi connectivity index (χ0n) is 11.6. The lowest BCUT2D eigenvalue weighted by Crippen LogP contribution is -2.32. The topological polar surface area (TPSA) is 70.0 Å². The van der Waals surface area contributed by atoms with Crippen LogP contribution in [0.3, 0.4) is 0 Å². The fourth-order valence-electron chi connectivity index (χ4n) is 1.83. The number of phenolic OH excluding ortho intramolecular Hbond substituents is 1. The zero-order chi connectivity index (χ0) is 14.4. The first-order chi connectivity index (χ1) is 8.93. The molecule has 19 heavy (non-hydrogen) atoms. The quantitative estimate of drug-likeness (QED) is 0.791. The fourth-order valence-corrected chi connectivity index (χ4v) is 1.83. The van der Waals surface area contributed by atoms with Crippen LogP contribution in [0.4, 0.5) is 0 Å². The minimum Gasteiger partial charge on any atom is -0.504 e. The Morgan fingerprint density at radius 3 is 2.58 bits per heavy atom. The van der Waals surface area contributed by atoms with Gasteiger partial charge in [0.05, 0.1) is 13.5 Å². The van der Waals surface area contributed by atoms with Gasteiger partial charge >= 0.3 is 5.97 Å². The van der Waals surface area contributed by atoms with E-state index in [-0.39, 0.29) is 18.2 Å². The third-order valence-electron chi connectivity index (χ3n) is 2.97. The molecule has 5 nitrogen and oxygen atoms in total. The van der Waals surface area contributed by atoms with Crippen LogP contribution in [0.5, 0.6) is 11.5 Å². The number of carboxylic acid groups (broad SMARTS) is 1. The normalized spacial score (nSPS) is 11.0. The number of hydrogen-bond acceptors (Lipinski definition) is 4. The van der Waals surface area contributed by atoms with Crippen molar-refractivity contribution in [2.75, 3.05) is 13.7 Å². The highest BCUT2D eigenvalue weighted by Gasteiger charge is 2.13. The minimum atomic E-state index is -0.803. The van der Waals surface area contributed by atoms with E-state index >= 15 is 0 Å². The Hall–Kier alpha value is -1.75. The summed E-state index contributed by atoms with van der Waals surface area (Å²) in [6.45, 7) is 5.12. The van der Waals surface area contributed by atoms with E-state index in [1.165, 1.54) is 7.11 Å². The number of carbonyl (C=O) groups is 1. The van der Waals surface area contributed by atoms with E-state index in [1.807, 2.05) is 19.9 Å². The van der Waals surface area contributed by atoms with Gasteiger partial charge in [-0.25, -0.2) is 0 Å². The monoisotopic (exact) mass is 267 g/mol. The molecule has 0 amide bonds. The molecule has 0 fully saturated rings. The van der Waals surface area contributed by atoms with Gasteiger partial charge in [0, 0.05) is 19.1 Å². The van der Waals surface area contributed by atoms with Gasteiger partial charge in [-0.2, -0.15) is 0 Å². The Balaban J connectivity index is 2.73. The first-order valence-electron chi connectivity index (χ1n) is 6.25. The summed E-state index contributed by atoms with van der Waals surface area (Å²) in [4.78, 5) is 12.7. The van der Waals surface area contributed by atoms with Crippen LogP contribution < -0.4 is 4.74 Å². The van der Waals surface area contributed by atoms with Crippen molar-refractivity contribution in [1.29, 1.82) is 0 Å². The van der Waals surface area contributed by atoms with Gasteiger partial charge in [0.2, 0.25) is 0 Å². The van der Waals surface area contributed by atoms with Gasteiger partial charge in [-0.3, -0.25) is 9.69 Å². The molecular formula is C14H21NO4. The van der Waals surface area contributed by atoms with E-state index in [1.54, 1.807) is 12.1 Å². The zero-order valence-corrected chi connectivity index (χ0v) is 11.6. The number of methoxy groups -OCH3 is 1. The average Bonchev–Trinajstić information content (AvgIpc) is 2.34. The maximum Gasteiger partial charge on any atom is 0.304 e. The van der Waals surface area contributed by atoms with Gasteiger partial charge in [0.25, 0.3) is 0 Å². The van der Waals surface area contributed by atoms with E-state index in [0.29, 0.717) is 18.8 Å². The van der Waals surface area contributed by atoms with Crippen molar-refractivity contribution in [3.05, 3.63) is 23.8 Å². The van der Waals surface area contributed by atoms with Crippen LogP contribution >= 0.6 is 0 Å². The predicted octanol–water partition coefficient (Wildman–Crippen LogP) is 2.09. The van der Waals surface area contributed by atoms with Crippen LogP contribution in [0.15, 0.2) is 18.2 Å². The van der Waals surface area contributed by atoms with Gasteiger partial charge in [0.15, 0.2) is 11.5 Å². The molecule has 0 atom stereocenters. The number of aliphatic carboxylic acids is 1. The minimum absolute atomic E-state index is 0.0990. The third-order valence-corrected chi connectivity index (χ3v) is 2.97.